The summed E-state index contributed by atoms with van der Waals surface area (Å²) in [7, 11) is -3.71. The van der Waals surface area contributed by atoms with Gasteiger partial charge in [-0.15, -0.1) is 11.3 Å². The number of carbonyl (C=O) groups excluding carboxylic acids is 2. The van der Waals surface area contributed by atoms with Crippen molar-refractivity contribution in [3.63, 3.8) is 0 Å². The predicted molar refractivity (Wildman–Crippen MR) is 115 cm³/mol. The summed E-state index contributed by atoms with van der Waals surface area (Å²) in [6.45, 7) is 1.82. The second-order valence-corrected chi connectivity index (χ2v) is 10.7. The molecule has 0 spiro atoms. The van der Waals surface area contributed by atoms with Crippen LogP contribution in [0.4, 0.5) is 0 Å². The van der Waals surface area contributed by atoms with Crippen molar-refractivity contribution in [2.45, 2.75) is 37.5 Å². The van der Waals surface area contributed by atoms with Crippen molar-refractivity contribution in [2.75, 3.05) is 5.75 Å². The summed E-state index contributed by atoms with van der Waals surface area (Å²) in [6, 6.07) is 5.53. The third-order valence-corrected chi connectivity index (χ3v) is 8.34. The molecule has 3 aromatic heterocycles. The number of pyridine rings is 1. The van der Waals surface area contributed by atoms with Crippen LogP contribution in [0.25, 0.3) is 11.4 Å². The van der Waals surface area contributed by atoms with Gasteiger partial charge in [-0.1, -0.05) is 11.2 Å². The van der Waals surface area contributed by atoms with Gasteiger partial charge < -0.3 is 15.0 Å². The normalized spacial score (nSPS) is 19.7. The maximum atomic E-state index is 12.5. The monoisotopic (exact) mass is 476 g/mol. The van der Waals surface area contributed by atoms with E-state index in [0.717, 1.165) is 16.9 Å². The van der Waals surface area contributed by atoms with Crippen LogP contribution in [0, 0.1) is 6.92 Å². The number of amides is 1. The first kappa shape index (κ1) is 22.1. The number of hydrogen-bond donors (Lipinski definition) is 1. The minimum atomic E-state index is -3.71. The highest BCUT2D eigenvalue weighted by molar-refractivity contribution is 7.93. The van der Waals surface area contributed by atoms with Crippen molar-refractivity contribution in [3.05, 3.63) is 51.8 Å². The first-order valence-electron chi connectivity index (χ1n) is 9.79. The summed E-state index contributed by atoms with van der Waals surface area (Å²) >= 11 is 1.15. The number of thiazole rings is 1. The molecule has 1 fully saturated rings. The zero-order chi connectivity index (χ0) is 22.9. The Kier molecular flexibility index (Phi) is 6.07. The molecule has 2 unspecified atom stereocenters. The van der Waals surface area contributed by atoms with Crippen LogP contribution in [-0.4, -0.2) is 52.5 Å². The molecule has 0 radical (unpaired) electrons. The second-order valence-electron chi connectivity index (χ2n) is 7.32. The molecule has 4 rings (SSSR count). The molecular formula is C20H20N4O6S2. The Bertz CT molecular complexity index is 1250. The lowest BCUT2D eigenvalue weighted by atomic mass is 10.1. The van der Waals surface area contributed by atoms with Crippen molar-refractivity contribution in [2.24, 2.45) is 5.73 Å². The van der Waals surface area contributed by atoms with E-state index in [4.69, 9.17) is 15.0 Å². The Labute approximate surface area is 187 Å². The Morgan fingerprint density at radius 3 is 2.81 bits per heavy atom. The lowest BCUT2D eigenvalue weighted by Gasteiger charge is -2.15. The number of nitrogens with two attached hydrogens (primary N) is 1. The van der Waals surface area contributed by atoms with Gasteiger partial charge in [0.25, 0.3) is 0 Å². The number of carbonyl (C=O) groups is 2. The van der Waals surface area contributed by atoms with E-state index in [2.05, 4.69) is 15.1 Å². The molecule has 1 amide bonds. The Morgan fingerprint density at radius 1 is 1.28 bits per heavy atom. The molecular weight excluding hydrogens is 456 g/mol. The summed E-state index contributed by atoms with van der Waals surface area (Å²) in [4.78, 5) is 32.8. The lowest BCUT2D eigenvalue weighted by molar-refractivity contribution is -0.119. The van der Waals surface area contributed by atoms with Crippen molar-refractivity contribution in [1.29, 1.82) is 0 Å². The molecule has 12 heteroatoms. The zero-order valence-electron chi connectivity index (χ0n) is 17.1. The van der Waals surface area contributed by atoms with Gasteiger partial charge in [0.05, 0.1) is 22.7 Å². The molecule has 1 aliphatic heterocycles. The van der Waals surface area contributed by atoms with E-state index in [1.54, 1.807) is 6.20 Å². The van der Waals surface area contributed by atoms with E-state index < -0.39 is 33.1 Å². The number of rotatable bonds is 7. The van der Waals surface area contributed by atoms with Gasteiger partial charge in [-0.25, -0.2) is 18.2 Å². The number of aromatic nitrogens is 3. The van der Waals surface area contributed by atoms with E-state index in [-0.39, 0.29) is 17.1 Å². The Hall–Kier alpha value is -3.12. The van der Waals surface area contributed by atoms with Gasteiger partial charge in [0, 0.05) is 24.6 Å². The smallest absolute Gasteiger partial charge is 0.350 e. The SMILES string of the molecule is Cc1onc(-c2ccccn2)c1CCc1ncc(C(=O)OC2CCS(=O)(=O)C2C(N)=O)s1. The number of ether oxygens (including phenoxy) is 1. The van der Waals surface area contributed by atoms with Crippen molar-refractivity contribution < 1.29 is 27.3 Å². The first-order valence-corrected chi connectivity index (χ1v) is 12.3. The van der Waals surface area contributed by atoms with E-state index in [1.165, 1.54) is 6.20 Å². The molecule has 168 valence electrons. The molecule has 0 bridgehead atoms. The molecule has 0 aromatic carbocycles. The minimum absolute atomic E-state index is 0.0381. The molecule has 10 nitrogen and oxygen atoms in total. The molecule has 0 saturated carbocycles. The molecule has 2 N–H and O–H groups in total. The summed E-state index contributed by atoms with van der Waals surface area (Å²) in [5.41, 5.74) is 7.48. The molecule has 2 atom stereocenters. The minimum Gasteiger partial charge on any atom is -0.456 e. The Morgan fingerprint density at radius 2 is 2.09 bits per heavy atom. The maximum absolute atomic E-state index is 12.5. The molecule has 32 heavy (non-hydrogen) atoms. The van der Waals surface area contributed by atoms with E-state index >= 15 is 0 Å². The highest BCUT2D eigenvalue weighted by Gasteiger charge is 2.46. The number of nitrogens with zero attached hydrogens (tertiary/aromatic N) is 3. The fourth-order valence-electron chi connectivity index (χ4n) is 3.61. The van der Waals surface area contributed by atoms with E-state index in [1.807, 2.05) is 25.1 Å². The van der Waals surface area contributed by atoms with Crippen LogP contribution in [0.1, 0.15) is 32.4 Å². The van der Waals surface area contributed by atoms with Crippen molar-refractivity contribution in [1.82, 2.24) is 15.1 Å². The van der Waals surface area contributed by atoms with Crippen molar-refractivity contribution in [3.8, 4) is 11.4 Å². The predicted octanol–water partition coefficient (Wildman–Crippen LogP) is 1.48. The third kappa shape index (κ3) is 4.41. The van der Waals surface area contributed by atoms with Gasteiger partial charge >= 0.3 is 5.97 Å². The topological polar surface area (TPSA) is 155 Å². The van der Waals surface area contributed by atoms with Crippen LogP contribution < -0.4 is 5.73 Å². The summed E-state index contributed by atoms with van der Waals surface area (Å²) in [5.74, 6) is -1.30. The van der Waals surface area contributed by atoms with Crippen LogP contribution in [0.15, 0.2) is 35.1 Å². The summed E-state index contributed by atoms with van der Waals surface area (Å²) in [5, 5.41) is 3.28. The number of primary amides is 1. The third-order valence-electron chi connectivity index (χ3n) is 5.19. The van der Waals surface area contributed by atoms with Gasteiger partial charge in [0.2, 0.25) is 5.91 Å². The molecule has 1 saturated heterocycles. The second kappa shape index (κ2) is 8.79. The fourth-order valence-corrected chi connectivity index (χ4v) is 6.23. The van der Waals surface area contributed by atoms with Gasteiger partial charge in [0.15, 0.2) is 15.1 Å². The number of aryl methyl sites for hydroxylation is 2. The van der Waals surface area contributed by atoms with Crippen LogP contribution in [-0.2, 0) is 32.2 Å². The van der Waals surface area contributed by atoms with Crippen LogP contribution >= 0.6 is 11.3 Å². The Balaban J connectivity index is 1.43. The summed E-state index contributed by atoms with van der Waals surface area (Å²) < 4.78 is 34.6. The largest absolute Gasteiger partial charge is 0.456 e. The highest BCUT2D eigenvalue weighted by Crippen LogP contribution is 2.27. The fraction of sp³-hybridized carbons (Fsp3) is 0.350. The molecule has 1 aliphatic rings. The number of sulfone groups is 1. The zero-order valence-corrected chi connectivity index (χ0v) is 18.7. The quantitative estimate of drug-likeness (QED) is 0.499. The molecule has 3 aromatic rings. The van der Waals surface area contributed by atoms with Crippen LogP contribution in [0.5, 0.6) is 0 Å². The molecule has 4 heterocycles. The number of esters is 1. The highest BCUT2D eigenvalue weighted by atomic mass is 32.2. The first-order chi connectivity index (χ1) is 15.3. The van der Waals surface area contributed by atoms with Crippen LogP contribution in [0.3, 0.4) is 0 Å². The van der Waals surface area contributed by atoms with E-state index in [9.17, 15) is 18.0 Å². The van der Waals surface area contributed by atoms with E-state index in [0.29, 0.717) is 35.0 Å². The van der Waals surface area contributed by atoms with Crippen molar-refractivity contribution >= 4 is 33.1 Å². The average molecular weight is 477 g/mol. The van der Waals surface area contributed by atoms with Crippen LogP contribution in [0.2, 0.25) is 0 Å². The van der Waals surface area contributed by atoms with Gasteiger partial charge in [-0.3, -0.25) is 9.78 Å². The lowest BCUT2D eigenvalue weighted by Crippen LogP contribution is -2.41. The van der Waals surface area contributed by atoms with Gasteiger partial charge in [0.1, 0.15) is 22.4 Å². The van der Waals surface area contributed by atoms with Gasteiger partial charge in [-0.2, -0.15) is 0 Å². The number of hydrogen-bond acceptors (Lipinski definition) is 10. The standard InChI is InChI=1S/C20H20N4O6S2/c1-11-12(17(24-30-11)13-4-2-3-8-22-13)5-6-16-23-10-15(31-16)20(26)29-14-7-9-32(27,28)18(14)19(21)25/h2-4,8,10,14,18H,5-7,9H2,1H3,(H2,21,25). The maximum Gasteiger partial charge on any atom is 0.350 e. The average Bonchev–Trinajstić information content (AvgIpc) is 3.44. The molecule has 0 aliphatic carbocycles. The summed E-state index contributed by atoms with van der Waals surface area (Å²) in [6.07, 6.45) is 3.12. The van der Waals surface area contributed by atoms with Gasteiger partial charge in [-0.05, 0) is 25.5 Å².